The van der Waals surface area contributed by atoms with Crippen LogP contribution in [0.2, 0.25) is 10.0 Å². The molecule has 1 atom stereocenters. The summed E-state index contributed by atoms with van der Waals surface area (Å²) in [4.78, 5) is 27.6. The lowest BCUT2D eigenvalue weighted by atomic mass is 9.95. The third-order valence-corrected chi connectivity index (χ3v) is 5.75. The normalized spacial score (nSPS) is 17.6. The van der Waals surface area contributed by atoms with Crippen LogP contribution in [0.4, 0.5) is 5.69 Å². The van der Waals surface area contributed by atoms with Crippen LogP contribution in [0.25, 0.3) is 5.76 Å². The van der Waals surface area contributed by atoms with Crippen LogP contribution in [-0.4, -0.2) is 23.4 Å². The van der Waals surface area contributed by atoms with Gasteiger partial charge >= 0.3 is 0 Å². The van der Waals surface area contributed by atoms with Gasteiger partial charge in [-0.05, 0) is 55.0 Å². The van der Waals surface area contributed by atoms with E-state index in [0.29, 0.717) is 28.6 Å². The molecule has 162 valence electrons. The van der Waals surface area contributed by atoms with Crippen LogP contribution in [0.3, 0.4) is 0 Å². The number of carbonyl (C=O) groups excluding carboxylic acids is 2. The standard InChI is InChI=1S/C25H19Cl2NO4/c1-2-32-18-12-13-20(27)19(14-18)23(29)21-22(15-8-10-16(26)11-9-15)28(25(31)24(21)30)17-6-4-3-5-7-17/h3-14,22,29H,2H2,1H3/b23-21+. The topological polar surface area (TPSA) is 66.8 Å². The van der Waals surface area contributed by atoms with Gasteiger partial charge in [-0.25, -0.2) is 0 Å². The summed E-state index contributed by atoms with van der Waals surface area (Å²) in [7, 11) is 0. The van der Waals surface area contributed by atoms with Crippen molar-refractivity contribution in [2.75, 3.05) is 11.5 Å². The molecule has 7 heteroatoms. The first-order valence-electron chi connectivity index (χ1n) is 9.96. The quantitative estimate of drug-likeness (QED) is 0.283. The molecule has 0 bridgehead atoms. The average Bonchev–Trinajstić information content (AvgIpc) is 3.06. The van der Waals surface area contributed by atoms with E-state index in [-0.39, 0.29) is 21.9 Å². The minimum Gasteiger partial charge on any atom is -0.507 e. The number of para-hydroxylation sites is 1. The second-order valence-electron chi connectivity index (χ2n) is 7.13. The Morgan fingerprint density at radius 2 is 1.69 bits per heavy atom. The van der Waals surface area contributed by atoms with Crippen molar-refractivity contribution in [1.29, 1.82) is 0 Å². The van der Waals surface area contributed by atoms with Gasteiger partial charge in [0.2, 0.25) is 0 Å². The lowest BCUT2D eigenvalue weighted by Gasteiger charge is -2.25. The molecule has 1 saturated heterocycles. The Hall–Kier alpha value is -3.28. The Balaban J connectivity index is 1.95. The monoisotopic (exact) mass is 467 g/mol. The average molecular weight is 468 g/mol. The number of benzene rings is 3. The number of ether oxygens (including phenoxy) is 1. The van der Waals surface area contributed by atoms with Gasteiger partial charge in [0.15, 0.2) is 0 Å². The predicted molar refractivity (Wildman–Crippen MR) is 125 cm³/mol. The van der Waals surface area contributed by atoms with Crippen LogP contribution < -0.4 is 9.64 Å². The molecule has 0 radical (unpaired) electrons. The van der Waals surface area contributed by atoms with Crippen LogP contribution in [0.1, 0.15) is 24.1 Å². The van der Waals surface area contributed by atoms with Gasteiger partial charge in [0.05, 0.1) is 23.2 Å². The lowest BCUT2D eigenvalue weighted by molar-refractivity contribution is -0.132. The van der Waals surface area contributed by atoms with E-state index in [0.717, 1.165) is 0 Å². The van der Waals surface area contributed by atoms with Crippen LogP contribution in [0.5, 0.6) is 5.75 Å². The van der Waals surface area contributed by atoms with Gasteiger partial charge in [-0.1, -0.05) is 53.5 Å². The zero-order chi connectivity index (χ0) is 22.8. The second-order valence-corrected chi connectivity index (χ2v) is 7.97. The number of aliphatic hydroxyl groups is 1. The summed E-state index contributed by atoms with van der Waals surface area (Å²) < 4.78 is 5.51. The molecule has 1 aliphatic rings. The van der Waals surface area contributed by atoms with Crippen LogP contribution in [-0.2, 0) is 9.59 Å². The summed E-state index contributed by atoms with van der Waals surface area (Å²) in [6, 6.07) is 19.6. The molecule has 1 N–H and O–H groups in total. The number of aliphatic hydroxyl groups excluding tert-OH is 1. The molecule has 3 aromatic carbocycles. The van der Waals surface area contributed by atoms with Gasteiger partial charge in [-0.15, -0.1) is 0 Å². The Morgan fingerprint density at radius 3 is 2.34 bits per heavy atom. The van der Waals surface area contributed by atoms with E-state index >= 15 is 0 Å². The van der Waals surface area contributed by atoms with Crippen LogP contribution in [0, 0.1) is 0 Å². The molecule has 0 saturated carbocycles. The number of amides is 1. The first-order valence-corrected chi connectivity index (χ1v) is 10.7. The molecular weight excluding hydrogens is 449 g/mol. The maximum atomic E-state index is 13.2. The van der Waals surface area contributed by atoms with E-state index in [1.807, 2.05) is 13.0 Å². The largest absolute Gasteiger partial charge is 0.507 e. The van der Waals surface area contributed by atoms with E-state index in [1.165, 1.54) is 4.90 Å². The SMILES string of the molecule is CCOc1ccc(Cl)c(/C(O)=C2\C(=O)C(=O)N(c3ccccc3)C2c2ccc(Cl)cc2)c1. The summed E-state index contributed by atoms with van der Waals surface area (Å²) in [6.07, 6.45) is 0. The number of nitrogens with zero attached hydrogens (tertiary/aromatic N) is 1. The van der Waals surface area contributed by atoms with Crippen molar-refractivity contribution in [3.8, 4) is 5.75 Å². The Labute approximate surface area is 195 Å². The molecule has 1 amide bonds. The number of rotatable bonds is 5. The van der Waals surface area contributed by atoms with Crippen molar-refractivity contribution in [3.05, 3.63) is 99.5 Å². The summed E-state index contributed by atoms with van der Waals surface area (Å²) in [5, 5.41) is 12.0. The molecule has 4 rings (SSSR count). The van der Waals surface area contributed by atoms with Crippen molar-refractivity contribution in [3.63, 3.8) is 0 Å². The van der Waals surface area contributed by atoms with Crippen molar-refractivity contribution in [1.82, 2.24) is 0 Å². The van der Waals surface area contributed by atoms with E-state index in [2.05, 4.69) is 0 Å². The number of ketones is 1. The number of halogens is 2. The zero-order valence-corrected chi connectivity index (χ0v) is 18.6. The molecule has 1 aliphatic heterocycles. The number of hydrogen-bond donors (Lipinski definition) is 1. The molecule has 1 unspecified atom stereocenters. The molecule has 32 heavy (non-hydrogen) atoms. The highest BCUT2D eigenvalue weighted by Crippen LogP contribution is 2.43. The van der Waals surface area contributed by atoms with Crippen molar-refractivity contribution >= 4 is 46.3 Å². The van der Waals surface area contributed by atoms with Crippen molar-refractivity contribution in [2.24, 2.45) is 0 Å². The van der Waals surface area contributed by atoms with Gasteiger partial charge < -0.3 is 9.84 Å². The molecule has 0 aliphatic carbocycles. The van der Waals surface area contributed by atoms with E-state index in [9.17, 15) is 14.7 Å². The zero-order valence-electron chi connectivity index (χ0n) is 17.1. The first kappa shape index (κ1) is 21.9. The third-order valence-electron chi connectivity index (χ3n) is 5.17. The molecule has 0 spiro atoms. The van der Waals surface area contributed by atoms with E-state index in [1.54, 1.807) is 66.7 Å². The van der Waals surface area contributed by atoms with E-state index in [4.69, 9.17) is 27.9 Å². The number of carbonyl (C=O) groups is 2. The maximum Gasteiger partial charge on any atom is 0.300 e. The molecule has 1 fully saturated rings. The highest BCUT2D eigenvalue weighted by Gasteiger charge is 2.47. The fourth-order valence-corrected chi connectivity index (χ4v) is 4.07. The lowest BCUT2D eigenvalue weighted by Crippen LogP contribution is -2.29. The smallest absolute Gasteiger partial charge is 0.300 e. The second kappa shape index (κ2) is 9.07. The Morgan fingerprint density at radius 1 is 1.00 bits per heavy atom. The van der Waals surface area contributed by atoms with Gasteiger partial charge in [0.1, 0.15) is 11.5 Å². The van der Waals surface area contributed by atoms with E-state index < -0.39 is 17.7 Å². The molecule has 5 nitrogen and oxygen atoms in total. The van der Waals surface area contributed by atoms with Gasteiger partial charge in [-0.3, -0.25) is 14.5 Å². The first-order chi connectivity index (χ1) is 15.4. The molecule has 3 aromatic rings. The Kier molecular flexibility index (Phi) is 6.21. The summed E-state index contributed by atoms with van der Waals surface area (Å²) in [5.41, 5.74) is 1.30. The van der Waals surface area contributed by atoms with Gasteiger partial charge in [-0.2, -0.15) is 0 Å². The fraction of sp³-hybridized carbons (Fsp3) is 0.120. The van der Waals surface area contributed by atoms with Gasteiger partial charge in [0, 0.05) is 16.3 Å². The van der Waals surface area contributed by atoms with Crippen LogP contribution in [0.15, 0.2) is 78.4 Å². The Bertz CT molecular complexity index is 1210. The maximum absolute atomic E-state index is 13.2. The molecule has 0 aromatic heterocycles. The minimum atomic E-state index is -0.860. The van der Waals surface area contributed by atoms with Crippen molar-refractivity contribution in [2.45, 2.75) is 13.0 Å². The summed E-state index contributed by atoms with van der Waals surface area (Å²) in [5.74, 6) is -1.42. The predicted octanol–water partition coefficient (Wildman–Crippen LogP) is 6.02. The number of Topliss-reactive ketones (excluding diaryl/α,β-unsaturated/α-hetero) is 1. The van der Waals surface area contributed by atoms with Gasteiger partial charge in [0.25, 0.3) is 11.7 Å². The highest BCUT2D eigenvalue weighted by molar-refractivity contribution is 6.52. The number of anilines is 1. The minimum absolute atomic E-state index is 0.0586. The third kappa shape index (κ3) is 3.97. The fourth-order valence-electron chi connectivity index (χ4n) is 3.74. The number of hydrogen-bond acceptors (Lipinski definition) is 4. The molecule has 1 heterocycles. The van der Waals surface area contributed by atoms with Crippen LogP contribution >= 0.6 is 23.2 Å². The molecular formula is C25H19Cl2NO4. The highest BCUT2D eigenvalue weighted by atomic mass is 35.5. The van der Waals surface area contributed by atoms with Crippen molar-refractivity contribution < 1.29 is 19.4 Å². The summed E-state index contributed by atoms with van der Waals surface area (Å²) in [6.45, 7) is 2.26. The summed E-state index contributed by atoms with van der Waals surface area (Å²) >= 11 is 12.4.